The first kappa shape index (κ1) is 26.6. The van der Waals surface area contributed by atoms with Crippen molar-refractivity contribution >= 4 is 5.97 Å². The highest BCUT2D eigenvalue weighted by atomic mass is 16.4. The Bertz CT molecular complexity index is 974. The number of aliphatic carboxylic acids is 1. The molecule has 0 saturated heterocycles. The molecule has 36 heavy (non-hydrogen) atoms. The normalized spacial score (nSPS) is 58.6. The van der Waals surface area contributed by atoms with E-state index in [9.17, 15) is 30.3 Å². The summed E-state index contributed by atoms with van der Waals surface area (Å²) in [5, 5.41) is 54.8. The van der Waals surface area contributed by atoms with Crippen molar-refractivity contribution in [3.05, 3.63) is 11.6 Å². The van der Waals surface area contributed by atoms with Crippen molar-refractivity contribution in [2.24, 2.45) is 50.7 Å². The summed E-state index contributed by atoms with van der Waals surface area (Å²) in [6.45, 7) is 12.6. The third-order valence-electron chi connectivity index (χ3n) is 13.6. The van der Waals surface area contributed by atoms with Gasteiger partial charge >= 0.3 is 5.97 Å². The zero-order chi connectivity index (χ0) is 26.7. The number of allylic oxidation sites excluding steroid dienone is 1. The zero-order valence-electron chi connectivity index (χ0n) is 23.0. The van der Waals surface area contributed by atoms with Crippen molar-refractivity contribution in [1.29, 1.82) is 0 Å². The minimum Gasteiger partial charge on any atom is -0.481 e. The number of carboxylic acids is 1. The summed E-state index contributed by atoms with van der Waals surface area (Å²) in [4.78, 5) is 12.8. The summed E-state index contributed by atoms with van der Waals surface area (Å²) in [6, 6.07) is 0. The first-order valence-electron chi connectivity index (χ1n) is 14.2. The van der Waals surface area contributed by atoms with Crippen LogP contribution in [0.25, 0.3) is 0 Å². The van der Waals surface area contributed by atoms with E-state index >= 15 is 0 Å². The highest BCUT2D eigenvalue weighted by molar-refractivity contribution is 5.77. The van der Waals surface area contributed by atoms with Gasteiger partial charge in [0.25, 0.3) is 0 Å². The highest BCUT2D eigenvalue weighted by Gasteiger charge is 2.72. The summed E-state index contributed by atoms with van der Waals surface area (Å²) < 4.78 is 0. The summed E-state index contributed by atoms with van der Waals surface area (Å²) >= 11 is 0. The van der Waals surface area contributed by atoms with Crippen molar-refractivity contribution < 1.29 is 30.3 Å². The molecule has 5 aliphatic carbocycles. The predicted molar refractivity (Wildman–Crippen MR) is 137 cm³/mol. The number of hydrogen-bond acceptors (Lipinski definition) is 5. The molecular formula is C30H48O6. The fourth-order valence-electron chi connectivity index (χ4n) is 11.0. The molecule has 204 valence electrons. The fraction of sp³-hybridized carbons (Fsp3) is 0.900. The second kappa shape index (κ2) is 7.80. The van der Waals surface area contributed by atoms with Crippen LogP contribution in [0, 0.1) is 50.7 Å². The van der Waals surface area contributed by atoms with Crippen LogP contribution in [-0.2, 0) is 4.79 Å². The molecule has 12 atom stereocenters. The van der Waals surface area contributed by atoms with Gasteiger partial charge in [-0.2, -0.15) is 0 Å². The van der Waals surface area contributed by atoms with E-state index in [1.54, 1.807) is 0 Å². The van der Waals surface area contributed by atoms with Crippen LogP contribution in [0.5, 0.6) is 0 Å². The van der Waals surface area contributed by atoms with Gasteiger partial charge in [0.15, 0.2) is 0 Å². The standard InChI is InChI=1S/C30H48O6/c1-17-9-12-30(24(34)35)14-13-27(4)18(22(30)29(17,6)36)7-8-21-25(2)15-19(32)23(33)26(3,16-31)20(25)10-11-28(21,27)5/h7,17,19-23,31-33,36H,8-16H2,1-6H3,(H,34,35)/t17-,19?,20-,21-,22-,23?,25+,26+,27-,28-,29-,30+/m1/s1. The Kier molecular flexibility index (Phi) is 5.77. The molecule has 0 aliphatic heterocycles. The first-order valence-corrected chi connectivity index (χ1v) is 14.2. The maximum atomic E-state index is 12.8. The Hall–Kier alpha value is -0.950. The molecular weight excluding hydrogens is 456 g/mol. The molecule has 0 spiro atoms. The van der Waals surface area contributed by atoms with E-state index in [2.05, 4.69) is 33.8 Å². The van der Waals surface area contributed by atoms with E-state index in [0.29, 0.717) is 19.3 Å². The number of carboxylic acid groups (broad SMARTS) is 1. The van der Waals surface area contributed by atoms with Gasteiger partial charge in [-0.15, -0.1) is 0 Å². The molecule has 6 heteroatoms. The van der Waals surface area contributed by atoms with Crippen LogP contribution >= 0.6 is 0 Å². The second-order valence-corrected chi connectivity index (χ2v) is 14.7. The van der Waals surface area contributed by atoms with E-state index in [1.165, 1.54) is 0 Å². The van der Waals surface area contributed by atoms with Crippen LogP contribution in [-0.4, -0.2) is 55.9 Å². The second-order valence-electron chi connectivity index (χ2n) is 14.7. The Morgan fingerprint density at radius 2 is 1.67 bits per heavy atom. The van der Waals surface area contributed by atoms with Crippen LogP contribution in [0.1, 0.15) is 92.9 Å². The number of aliphatic hydroxyl groups excluding tert-OH is 3. The molecule has 0 radical (unpaired) electrons. The van der Waals surface area contributed by atoms with E-state index < -0.39 is 40.5 Å². The largest absolute Gasteiger partial charge is 0.481 e. The van der Waals surface area contributed by atoms with Gasteiger partial charge in [0.2, 0.25) is 0 Å². The lowest BCUT2D eigenvalue weighted by molar-refractivity contribution is -0.247. The van der Waals surface area contributed by atoms with Crippen LogP contribution in [0.15, 0.2) is 11.6 Å². The Labute approximate surface area is 216 Å². The van der Waals surface area contributed by atoms with Crippen molar-refractivity contribution in [2.75, 3.05) is 6.61 Å². The first-order chi connectivity index (χ1) is 16.6. The lowest BCUT2D eigenvalue weighted by Crippen LogP contribution is -2.69. The molecule has 0 aromatic rings. The van der Waals surface area contributed by atoms with Gasteiger partial charge in [-0.1, -0.05) is 46.3 Å². The van der Waals surface area contributed by atoms with E-state index in [-0.39, 0.29) is 40.6 Å². The van der Waals surface area contributed by atoms with Gasteiger partial charge in [-0.05, 0) is 92.3 Å². The summed E-state index contributed by atoms with van der Waals surface area (Å²) in [7, 11) is 0. The lowest BCUT2D eigenvalue weighted by Gasteiger charge is -2.72. The molecule has 5 rings (SSSR count). The van der Waals surface area contributed by atoms with Gasteiger partial charge in [-0.3, -0.25) is 4.79 Å². The number of aliphatic hydroxyl groups is 4. The minimum absolute atomic E-state index is 0.0252. The Morgan fingerprint density at radius 1 is 1.00 bits per heavy atom. The molecule has 0 aromatic carbocycles. The highest BCUT2D eigenvalue weighted by Crippen LogP contribution is 2.76. The smallest absolute Gasteiger partial charge is 0.310 e. The van der Waals surface area contributed by atoms with Gasteiger partial charge in [0.1, 0.15) is 0 Å². The molecule has 0 aromatic heterocycles. The third-order valence-corrected chi connectivity index (χ3v) is 13.6. The molecule has 5 aliphatic rings. The van der Waals surface area contributed by atoms with E-state index in [4.69, 9.17) is 0 Å². The van der Waals surface area contributed by atoms with Crippen molar-refractivity contribution in [3.63, 3.8) is 0 Å². The summed E-state index contributed by atoms with van der Waals surface area (Å²) in [5.74, 6) is -0.834. The van der Waals surface area contributed by atoms with E-state index in [1.807, 2.05) is 13.8 Å². The fourth-order valence-corrected chi connectivity index (χ4v) is 11.0. The molecule has 4 fully saturated rings. The van der Waals surface area contributed by atoms with Crippen LogP contribution < -0.4 is 0 Å². The topological polar surface area (TPSA) is 118 Å². The van der Waals surface area contributed by atoms with Gasteiger partial charge in [0.05, 0.1) is 29.8 Å². The van der Waals surface area contributed by atoms with Gasteiger partial charge in [0, 0.05) is 11.3 Å². The third kappa shape index (κ3) is 2.91. The SMILES string of the molecule is C[C@@H]1CC[C@]2(C(=O)O)CC[C@]3(C)C(=CC[C@@H]4[C@@]5(C)CC(O)C(O)[C@@](C)(CO)[C@@H]5CC[C@]43C)[C@@H]2[C@]1(C)O. The quantitative estimate of drug-likeness (QED) is 0.361. The van der Waals surface area contributed by atoms with E-state index in [0.717, 1.165) is 37.7 Å². The van der Waals surface area contributed by atoms with Crippen molar-refractivity contribution in [2.45, 2.75) is 111 Å². The maximum absolute atomic E-state index is 12.8. The van der Waals surface area contributed by atoms with Crippen LogP contribution in [0.4, 0.5) is 0 Å². The molecule has 6 nitrogen and oxygen atoms in total. The van der Waals surface area contributed by atoms with Crippen molar-refractivity contribution in [3.8, 4) is 0 Å². The van der Waals surface area contributed by atoms with Crippen molar-refractivity contribution in [1.82, 2.24) is 0 Å². The average molecular weight is 505 g/mol. The molecule has 0 amide bonds. The average Bonchev–Trinajstić information content (AvgIpc) is 2.80. The Morgan fingerprint density at radius 3 is 2.28 bits per heavy atom. The summed E-state index contributed by atoms with van der Waals surface area (Å²) in [6.07, 6.45) is 6.20. The molecule has 4 saturated carbocycles. The Balaban J connectivity index is 1.65. The minimum atomic E-state index is -1.09. The molecule has 2 unspecified atom stereocenters. The zero-order valence-corrected chi connectivity index (χ0v) is 23.0. The van der Waals surface area contributed by atoms with Gasteiger partial charge in [-0.25, -0.2) is 0 Å². The molecule has 0 bridgehead atoms. The summed E-state index contributed by atoms with van der Waals surface area (Å²) in [5.41, 5.74) is -2.28. The lowest BCUT2D eigenvalue weighted by atomic mass is 9.33. The van der Waals surface area contributed by atoms with Crippen LogP contribution in [0.3, 0.4) is 0 Å². The number of hydrogen-bond donors (Lipinski definition) is 5. The molecule has 5 N–H and O–H groups in total. The van der Waals surface area contributed by atoms with Crippen LogP contribution in [0.2, 0.25) is 0 Å². The number of fused-ring (bicyclic) bond motifs is 7. The predicted octanol–water partition coefficient (Wildman–Crippen LogP) is 4.15. The number of carbonyl (C=O) groups is 1. The molecule has 0 heterocycles. The monoisotopic (exact) mass is 504 g/mol. The number of rotatable bonds is 2. The maximum Gasteiger partial charge on any atom is 0.310 e. The van der Waals surface area contributed by atoms with Gasteiger partial charge < -0.3 is 25.5 Å².